The van der Waals surface area contributed by atoms with E-state index in [0.717, 1.165) is 16.1 Å². The van der Waals surface area contributed by atoms with Crippen LogP contribution in [-0.4, -0.2) is 4.98 Å². The SMILES string of the molecule is Cc1cccc(C)c1-c1ccc(-c2cc3ccc(-c4cccc(-c5ccccc5)c4)nc3s2)cc1. The molecular formula is C33H25NS. The first-order chi connectivity index (χ1) is 17.2. The molecule has 0 aliphatic heterocycles. The Balaban J connectivity index is 1.33. The lowest BCUT2D eigenvalue weighted by Crippen LogP contribution is -1.87. The largest absolute Gasteiger partial charge is 0.237 e. The van der Waals surface area contributed by atoms with Crippen LogP contribution in [0.3, 0.4) is 0 Å². The molecule has 6 rings (SSSR count). The van der Waals surface area contributed by atoms with Crippen molar-refractivity contribution >= 4 is 21.6 Å². The third kappa shape index (κ3) is 4.18. The van der Waals surface area contributed by atoms with Gasteiger partial charge in [0.25, 0.3) is 0 Å². The van der Waals surface area contributed by atoms with Gasteiger partial charge in [0.05, 0.1) is 5.69 Å². The minimum absolute atomic E-state index is 1.01. The van der Waals surface area contributed by atoms with Crippen molar-refractivity contribution in [2.75, 3.05) is 0 Å². The molecule has 6 aromatic rings. The Labute approximate surface area is 210 Å². The normalized spacial score (nSPS) is 11.1. The van der Waals surface area contributed by atoms with E-state index < -0.39 is 0 Å². The molecule has 4 aromatic carbocycles. The maximum Gasteiger partial charge on any atom is 0.124 e. The van der Waals surface area contributed by atoms with Gasteiger partial charge in [0.15, 0.2) is 0 Å². The van der Waals surface area contributed by atoms with E-state index in [4.69, 9.17) is 4.98 Å². The summed E-state index contributed by atoms with van der Waals surface area (Å²) in [6.45, 7) is 4.36. The van der Waals surface area contributed by atoms with Crippen molar-refractivity contribution in [3.63, 3.8) is 0 Å². The number of fused-ring (bicyclic) bond motifs is 1. The third-order valence-corrected chi connectivity index (χ3v) is 7.68. The average Bonchev–Trinajstić information content (AvgIpc) is 3.33. The summed E-state index contributed by atoms with van der Waals surface area (Å²) >= 11 is 1.76. The first-order valence-corrected chi connectivity index (χ1v) is 12.7. The standard InChI is InChI=1S/C33H25NS/c1-22-8-6-9-23(2)32(22)26-16-14-25(15-17-26)31-21-29-18-19-30(34-33(29)35-31)28-13-7-12-27(20-28)24-10-4-3-5-11-24/h3-21H,1-2H3. The molecule has 0 aliphatic rings. The smallest absolute Gasteiger partial charge is 0.124 e. The van der Waals surface area contributed by atoms with Gasteiger partial charge in [-0.1, -0.05) is 91.0 Å². The molecule has 0 saturated carbocycles. The van der Waals surface area contributed by atoms with Gasteiger partial charge < -0.3 is 0 Å². The number of hydrogen-bond donors (Lipinski definition) is 0. The molecule has 168 valence electrons. The fourth-order valence-electron chi connectivity index (χ4n) is 4.78. The third-order valence-electron chi connectivity index (χ3n) is 6.59. The minimum atomic E-state index is 1.01. The van der Waals surface area contributed by atoms with Crippen LogP contribution in [0.15, 0.2) is 115 Å². The Kier molecular flexibility index (Phi) is 5.52. The first kappa shape index (κ1) is 21.5. The van der Waals surface area contributed by atoms with Crippen molar-refractivity contribution in [3.05, 3.63) is 126 Å². The molecule has 0 unspecified atom stereocenters. The van der Waals surface area contributed by atoms with Crippen molar-refractivity contribution in [1.29, 1.82) is 0 Å². The molecule has 0 spiro atoms. The van der Waals surface area contributed by atoms with Crippen molar-refractivity contribution in [2.24, 2.45) is 0 Å². The second-order valence-electron chi connectivity index (χ2n) is 8.99. The van der Waals surface area contributed by atoms with E-state index in [1.165, 1.54) is 49.2 Å². The monoisotopic (exact) mass is 467 g/mol. The number of rotatable bonds is 4. The van der Waals surface area contributed by atoms with Crippen molar-refractivity contribution in [2.45, 2.75) is 13.8 Å². The number of thiophene rings is 1. The van der Waals surface area contributed by atoms with Gasteiger partial charge in [0.1, 0.15) is 4.83 Å². The lowest BCUT2D eigenvalue weighted by Gasteiger charge is -2.10. The Bertz CT molecular complexity index is 1620. The van der Waals surface area contributed by atoms with Gasteiger partial charge in [-0.05, 0) is 77.1 Å². The van der Waals surface area contributed by atoms with E-state index in [-0.39, 0.29) is 0 Å². The highest BCUT2D eigenvalue weighted by Gasteiger charge is 2.10. The van der Waals surface area contributed by atoms with E-state index >= 15 is 0 Å². The number of aromatic nitrogens is 1. The molecule has 35 heavy (non-hydrogen) atoms. The highest BCUT2D eigenvalue weighted by atomic mass is 32.1. The molecular weight excluding hydrogens is 442 g/mol. The van der Waals surface area contributed by atoms with Gasteiger partial charge in [-0.3, -0.25) is 0 Å². The number of aryl methyl sites for hydroxylation is 2. The summed E-state index contributed by atoms with van der Waals surface area (Å²) in [5, 5.41) is 1.19. The number of hydrogen-bond acceptors (Lipinski definition) is 2. The Morgan fingerprint density at radius 3 is 1.94 bits per heavy atom. The Hall–Kier alpha value is -4.01. The van der Waals surface area contributed by atoms with E-state index in [9.17, 15) is 0 Å². The van der Waals surface area contributed by atoms with E-state index in [0.29, 0.717) is 0 Å². The summed E-state index contributed by atoms with van der Waals surface area (Å²) in [5.74, 6) is 0. The first-order valence-electron chi connectivity index (χ1n) is 11.9. The Morgan fingerprint density at radius 2 is 1.17 bits per heavy atom. The maximum absolute atomic E-state index is 5.03. The summed E-state index contributed by atoms with van der Waals surface area (Å²) in [4.78, 5) is 7.35. The molecule has 2 heterocycles. The van der Waals surface area contributed by atoms with Crippen LogP contribution in [0.1, 0.15) is 11.1 Å². The van der Waals surface area contributed by atoms with Crippen molar-refractivity contribution in [1.82, 2.24) is 4.98 Å². The molecule has 1 nitrogen and oxygen atoms in total. The molecule has 0 bridgehead atoms. The fraction of sp³-hybridized carbons (Fsp3) is 0.0606. The number of pyridine rings is 1. The van der Waals surface area contributed by atoms with Crippen LogP contribution >= 0.6 is 11.3 Å². The molecule has 0 radical (unpaired) electrons. The quantitative estimate of drug-likeness (QED) is 0.251. The molecule has 0 aliphatic carbocycles. The lowest BCUT2D eigenvalue weighted by molar-refractivity contribution is 1.38. The second-order valence-corrected chi connectivity index (χ2v) is 10.0. The fourth-order valence-corrected chi connectivity index (χ4v) is 5.82. The highest BCUT2D eigenvalue weighted by Crippen LogP contribution is 2.36. The topological polar surface area (TPSA) is 12.9 Å². The second kappa shape index (κ2) is 8.98. The van der Waals surface area contributed by atoms with Crippen LogP contribution in [-0.2, 0) is 0 Å². The predicted molar refractivity (Wildman–Crippen MR) is 151 cm³/mol. The lowest BCUT2D eigenvalue weighted by atomic mass is 9.95. The molecule has 0 atom stereocenters. The summed E-state index contributed by atoms with van der Waals surface area (Å²) in [7, 11) is 0. The molecule has 0 fully saturated rings. The van der Waals surface area contributed by atoms with Crippen LogP contribution in [0.2, 0.25) is 0 Å². The summed E-state index contributed by atoms with van der Waals surface area (Å²) < 4.78 is 0. The number of nitrogens with zero attached hydrogens (tertiary/aromatic N) is 1. The molecule has 0 saturated heterocycles. The van der Waals surface area contributed by atoms with Crippen LogP contribution in [0, 0.1) is 13.8 Å². The van der Waals surface area contributed by atoms with Gasteiger partial charge in [-0.2, -0.15) is 0 Å². The van der Waals surface area contributed by atoms with Crippen LogP contribution < -0.4 is 0 Å². The van der Waals surface area contributed by atoms with Gasteiger partial charge in [0.2, 0.25) is 0 Å². The predicted octanol–water partition coefficient (Wildman–Crippen LogP) is 9.58. The van der Waals surface area contributed by atoms with E-state index in [1.807, 2.05) is 0 Å². The molecule has 2 heteroatoms. The van der Waals surface area contributed by atoms with Gasteiger partial charge in [0, 0.05) is 15.8 Å². The number of benzene rings is 4. The van der Waals surface area contributed by atoms with E-state index in [2.05, 4.69) is 129 Å². The summed E-state index contributed by atoms with van der Waals surface area (Å²) in [6, 6.07) is 41.1. The van der Waals surface area contributed by atoms with Gasteiger partial charge in [-0.25, -0.2) is 4.98 Å². The van der Waals surface area contributed by atoms with E-state index in [1.54, 1.807) is 11.3 Å². The average molecular weight is 468 g/mol. The zero-order valence-corrected chi connectivity index (χ0v) is 20.6. The van der Waals surface area contributed by atoms with Crippen LogP contribution in [0.25, 0.3) is 54.2 Å². The van der Waals surface area contributed by atoms with Crippen molar-refractivity contribution < 1.29 is 0 Å². The van der Waals surface area contributed by atoms with Crippen LogP contribution in [0.5, 0.6) is 0 Å². The minimum Gasteiger partial charge on any atom is -0.237 e. The van der Waals surface area contributed by atoms with Gasteiger partial charge >= 0.3 is 0 Å². The molecule has 2 aromatic heterocycles. The Morgan fingerprint density at radius 1 is 0.514 bits per heavy atom. The van der Waals surface area contributed by atoms with Gasteiger partial charge in [-0.15, -0.1) is 11.3 Å². The zero-order chi connectivity index (χ0) is 23.8. The zero-order valence-electron chi connectivity index (χ0n) is 19.8. The molecule has 0 N–H and O–H groups in total. The van der Waals surface area contributed by atoms with Crippen molar-refractivity contribution in [3.8, 4) is 44.0 Å². The maximum atomic E-state index is 5.03. The summed E-state index contributed by atoms with van der Waals surface area (Å²) in [5.41, 5.74) is 11.0. The highest BCUT2D eigenvalue weighted by molar-refractivity contribution is 7.21. The molecule has 0 amide bonds. The van der Waals surface area contributed by atoms with Crippen LogP contribution in [0.4, 0.5) is 0 Å². The summed E-state index contributed by atoms with van der Waals surface area (Å²) in [6.07, 6.45) is 0.